The zero-order chi connectivity index (χ0) is 26.0. The number of rotatable bonds is 5. The summed E-state index contributed by atoms with van der Waals surface area (Å²) in [4.78, 5) is 3.72. The van der Waals surface area contributed by atoms with Crippen LogP contribution >= 0.6 is 0 Å². The first-order valence-corrected chi connectivity index (χ1v) is 13.0. The Morgan fingerprint density at radius 1 is 0.629 bits per heavy atom. The Morgan fingerprint density at radius 3 is 1.34 bits per heavy atom. The Kier molecular flexibility index (Phi) is 7.94. The molecule has 0 saturated heterocycles. The lowest BCUT2D eigenvalue weighted by Gasteiger charge is -2.21. The predicted octanol–water partition coefficient (Wildman–Crippen LogP) is 6.85. The summed E-state index contributed by atoms with van der Waals surface area (Å²) in [7, 11) is 0. The van der Waals surface area contributed by atoms with E-state index in [0.717, 1.165) is 5.84 Å². The maximum atomic E-state index is 3.72. The Morgan fingerprint density at radius 2 is 1.03 bits per heavy atom. The molecule has 0 fully saturated rings. The first-order valence-electron chi connectivity index (χ1n) is 13.0. The summed E-state index contributed by atoms with van der Waals surface area (Å²) in [5.74, 6) is 1.08. The van der Waals surface area contributed by atoms with E-state index in [9.17, 15) is 0 Å². The summed E-state index contributed by atoms with van der Waals surface area (Å²) in [5.41, 5.74) is 9.12. The highest BCUT2D eigenvalue weighted by molar-refractivity contribution is 6.07. The molecule has 3 aromatic carbocycles. The average Bonchev–Trinajstić information content (AvgIpc) is 2.76. The van der Waals surface area contributed by atoms with E-state index >= 15 is 0 Å². The van der Waals surface area contributed by atoms with Crippen molar-refractivity contribution in [2.75, 3.05) is 0 Å². The van der Waals surface area contributed by atoms with Gasteiger partial charge in [-0.2, -0.15) is 0 Å². The second-order valence-electron chi connectivity index (χ2n) is 12.4. The smallest absolute Gasteiger partial charge is 0.272 e. The first-order chi connectivity index (χ1) is 16.3. The molecular weight excluding hydrogens is 424 g/mol. The highest BCUT2D eigenvalue weighted by Crippen LogP contribution is 2.34. The van der Waals surface area contributed by atoms with E-state index < -0.39 is 0 Å². The standard InChI is InChI=1S/C33H44N2/c1-22(2)34-31(35-23(3)4)30-28(24-14-18-26(19-15-24)32(5,6)7)12-11-13-29(30)25-16-20-27(21-17-25)33(8,9)10/h11-23H,1-10H3,(H,34,35)/p+1. The third-order valence-corrected chi connectivity index (χ3v) is 6.30. The van der Waals surface area contributed by atoms with Crippen molar-refractivity contribution in [1.82, 2.24) is 5.32 Å². The molecule has 0 bridgehead atoms. The van der Waals surface area contributed by atoms with Crippen molar-refractivity contribution in [3.05, 3.63) is 83.4 Å². The van der Waals surface area contributed by atoms with Crippen molar-refractivity contribution in [3.8, 4) is 22.3 Å². The maximum Gasteiger partial charge on any atom is 0.276 e. The fourth-order valence-corrected chi connectivity index (χ4v) is 4.37. The van der Waals surface area contributed by atoms with Gasteiger partial charge in [-0.1, -0.05) is 108 Å². The monoisotopic (exact) mass is 469 g/mol. The van der Waals surface area contributed by atoms with Gasteiger partial charge in [0.1, 0.15) is 0 Å². The van der Waals surface area contributed by atoms with Gasteiger partial charge in [0.05, 0.1) is 17.6 Å². The van der Waals surface area contributed by atoms with Gasteiger partial charge in [0.25, 0.3) is 5.84 Å². The van der Waals surface area contributed by atoms with Gasteiger partial charge in [-0.3, -0.25) is 10.3 Å². The van der Waals surface area contributed by atoms with Crippen LogP contribution in [-0.4, -0.2) is 17.9 Å². The maximum absolute atomic E-state index is 3.72. The van der Waals surface area contributed by atoms with Gasteiger partial charge in [-0.05, 0) is 71.9 Å². The van der Waals surface area contributed by atoms with Crippen LogP contribution < -0.4 is 10.3 Å². The first kappa shape index (κ1) is 26.7. The van der Waals surface area contributed by atoms with Crippen LogP contribution in [0.2, 0.25) is 0 Å². The fraction of sp³-hybridized carbons (Fsp3) is 0.424. The molecule has 0 radical (unpaired) electrons. The van der Waals surface area contributed by atoms with E-state index in [4.69, 9.17) is 0 Å². The summed E-state index contributed by atoms with van der Waals surface area (Å²) in [6.45, 7) is 22.4. The van der Waals surface area contributed by atoms with Gasteiger partial charge in [-0.15, -0.1) is 0 Å². The zero-order valence-electron chi connectivity index (χ0n) is 23.5. The quantitative estimate of drug-likeness (QED) is 0.310. The van der Waals surface area contributed by atoms with Crippen LogP contribution in [0.15, 0.2) is 66.7 Å². The lowest BCUT2D eigenvalue weighted by Crippen LogP contribution is -2.81. The molecule has 35 heavy (non-hydrogen) atoms. The topological polar surface area (TPSA) is 26.0 Å². The lowest BCUT2D eigenvalue weighted by atomic mass is 9.84. The van der Waals surface area contributed by atoms with Gasteiger partial charge in [0.15, 0.2) is 0 Å². The summed E-state index contributed by atoms with van der Waals surface area (Å²) in [6, 6.07) is 25.5. The third kappa shape index (κ3) is 6.63. The molecule has 0 saturated carbocycles. The van der Waals surface area contributed by atoms with Crippen LogP contribution in [0.5, 0.6) is 0 Å². The molecule has 0 aromatic heterocycles. The van der Waals surface area contributed by atoms with Crippen molar-refractivity contribution < 1.29 is 4.99 Å². The van der Waals surface area contributed by atoms with E-state index in [2.05, 4.69) is 146 Å². The molecule has 0 spiro atoms. The summed E-state index contributed by atoms with van der Waals surface area (Å²) in [6.07, 6.45) is 0. The van der Waals surface area contributed by atoms with E-state index in [1.165, 1.54) is 38.9 Å². The van der Waals surface area contributed by atoms with Crippen molar-refractivity contribution in [3.63, 3.8) is 0 Å². The summed E-state index contributed by atoms with van der Waals surface area (Å²) >= 11 is 0. The fourth-order valence-electron chi connectivity index (χ4n) is 4.37. The number of amidine groups is 1. The van der Waals surface area contributed by atoms with Gasteiger partial charge < -0.3 is 0 Å². The molecule has 0 atom stereocenters. The average molecular weight is 470 g/mol. The van der Waals surface area contributed by atoms with Crippen LogP contribution in [0.4, 0.5) is 0 Å². The van der Waals surface area contributed by atoms with Gasteiger partial charge in [0, 0.05) is 0 Å². The van der Waals surface area contributed by atoms with Crippen LogP contribution in [0, 0.1) is 0 Å². The van der Waals surface area contributed by atoms with Crippen molar-refractivity contribution in [1.29, 1.82) is 0 Å². The van der Waals surface area contributed by atoms with Crippen molar-refractivity contribution in [2.24, 2.45) is 0 Å². The van der Waals surface area contributed by atoms with Crippen LogP contribution in [0.3, 0.4) is 0 Å². The number of nitrogens with one attached hydrogen (secondary N) is 2. The molecule has 0 aliphatic rings. The van der Waals surface area contributed by atoms with Gasteiger partial charge in [-0.25, -0.2) is 0 Å². The van der Waals surface area contributed by atoms with Crippen molar-refractivity contribution >= 4 is 5.84 Å². The molecule has 2 heteroatoms. The Bertz CT molecular complexity index is 1070. The highest BCUT2D eigenvalue weighted by atomic mass is 15.0. The number of hydrogen-bond donors (Lipinski definition) is 2. The molecule has 0 aliphatic carbocycles. The lowest BCUT2D eigenvalue weighted by molar-refractivity contribution is -0.495. The molecule has 0 amide bonds. The second kappa shape index (κ2) is 10.4. The van der Waals surface area contributed by atoms with Crippen molar-refractivity contribution in [2.45, 2.75) is 92.2 Å². The molecule has 0 heterocycles. The molecule has 3 rings (SSSR count). The minimum absolute atomic E-state index is 0.133. The van der Waals surface area contributed by atoms with E-state index in [1.807, 2.05) is 0 Å². The van der Waals surface area contributed by atoms with Crippen LogP contribution in [-0.2, 0) is 10.8 Å². The minimum Gasteiger partial charge on any atom is -0.272 e. The summed E-state index contributed by atoms with van der Waals surface area (Å²) < 4.78 is 0. The van der Waals surface area contributed by atoms with Crippen LogP contribution in [0.25, 0.3) is 22.3 Å². The van der Waals surface area contributed by atoms with Gasteiger partial charge in [0.2, 0.25) is 0 Å². The van der Waals surface area contributed by atoms with E-state index in [1.54, 1.807) is 0 Å². The van der Waals surface area contributed by atoms with E-state index in [-0.39, 0.29) is 10.8 Å². The Balaban J connectivity index is 2.26. The number of hydrogen-bond acceptors (Lipinski definition) is 0. The Hall–Kier alpha value is -2.87. The highest BCUT2D eigenvalue weighted by Gasteiger charge is 2.24. The SMILES string of the molecule is CC(C)NC(=[NH+]C(C)C)c1c(-c2ccc(C(C)(C)C)cc2)cccc1-c1ccc(C(C)(C)C)cc1. The zero-order valence-corrected chi connectivity index (χ0v) is 23.5. The molecule has 186 valence electrons. The van der Waals surface area contributed by atoms with Crippen LogP contribution in [0.1, 0.15) is 85.9 Å². The van der Waals surface area contributed by atoms with E-state index in [0.29, 0.717) is 12.1 Å². The molecule has 0 unspecified atom stereocenters. The third-order valence-electron chi connectivity index (χ3n) is 6.30. The normalized spacial score (nSPS) is 13.0. The Labute approximate surface area is 213 Å². The predicted molar refractivity (Wildman–Crippen MR) is 153 cm³/mol. The molecule has 2 nitrogen and oxygen atoms in total. The molecule has 2 N–H and O–H groups in total. The molecule has 0 aliphatic heterocycles. The number of benzene rings is 3. The molecular formula is C33H45N2+. The second-order valence-corrected chi connectivity index (χ2v) is 12.4. The van der Waals surface area contributed by atoms with Gasteiger partial charge >= 0.3 is 0 Å². The summed E-state index contributed by atoms with van der Waals surface area (Å²) in [5, 5.41) is 3.72. The molecule has 3 aromatic rings. The largest absolute Gasteiger partial charge is 0.276 e. The minimum atomic E-state index is 0.133.